The van der Waals surface area contributed by atoms with Crippen molar-refractivity contribution in [1.29, 1.82) is 0 Å². The van der Waals surface area contributed by atoms with E-state index in [1.165, 1.54) is 24.3 Å². The van der Waals surface area contributed by atoms with Crippen LogP contribution in [-0.4, -0.2) is 33.1 Å². The van der Waals surface area contributed by atoms with Crippen molar-refractivity contribution in [3.8, 4) is 0 Å². The molecule has 0 atom stereocenters. The third-order valence-corrected chi connectivity index (χ3v) is 5.09. The van der Waals surface area contributed by atoms with Crippen LogP contribution in [0.15, 0.2) is 29.2 Å². The van der Waals surface area contributed by atoms with Gasteiger partial charge in [-0.1, -0.05) is 12.8 Å². The summed E-state index contributed by atoms with van der Waals surface area (Å²) in [5, 5.41) is 1.73. The molecule has 1 aliphatic carbocycles. The maximum atomic E-state index is 12.2. The van der Waals surface area contributed by atoms with Gasteiger partial charge in [0.2, 0.25) is 10.0 Å². The van der Waals surface area contributed by atoms with Gasteiger partial charge in [-0.05, 0) is 37.1 Å². The smallest absolute Gasteiger partial charge is 0.343 e. The highest BCUT2D eigenvalue weighted by molar-refractivity contribution is 7.89. The number of hydrogen-bond donors (Lipinski definition) is 2. The van der Waals surface area contributed by atoms with Crippen LogP contribution in [0.3, 0.4) is 0 Å². The standard InChI is InChI=1S/C14H17F3N2O3S/c15-14(16,17)9-18-13(20)10-5-7-12(8-6-10)23(21,22)19-11-3-1-2-4-11/h5-8,11,19H,1-4,9H2,(H,18,20). The quantitative estimate of drug-likeness (QED) is 0.855. The van der Waals surface area contributed by atoms with E-state index in [0.29, 0.717) is 0 Å². The second-order valence-electron chi connectivity index (χ2n) is 5.42. The lowest BCUT2D eigenvalue weighted by Crippen LogP contribution is -2.34. The fourth-order valence-corrected chi connectivity index (χ4v) is 3.70. The van der Waals surface area contributed by atoms with Crippen LogP contribution in [0.25, 0.3) is 0 Å². The second-order valence-corrected chi connectivity index (χ2v) is 7.14. The molecule has 0 aliphatic heterocycles. The van der Waals surface area contributed by atoms with Crippen LogP contribution in [0, 0.1) is 0 Å². The Balaban J connectivity index is 2.02. The van der Waals surface area contributed by atoms with Gasteiger partial charge in [0.05, 0.1) is 4.90 Å². The lowest BCUT2D eigenvalue weighted by molar-refractivity contribution is -0.123. The fraction of sp³-hybridized carbons (Fsp3) is 0.500. The maximum absolute atomic E-state index is 12.2. The Morgan fingerprint density at radius 2 is 1.70 bits per heavy atom. The monoisotopic (exact) mass is 350 g/mol. The van der Waals surface area contributed by atoms with Crippen LogP contribution >= 0.6 is 0 Å². The first-order chi connectivity index (χ1) is 10.7. The summed E-state index contributed by atoms with van der Waals surface area (Å²) < 4.78 is 63.1. The van der Waals surface area contributed by atoms with Gasteiger partial charge >= 0.3 is 6.18 Å². The fourth-order valence-electron chi connectivity index (χ4n) is 2.40. The minimum Gasteiger partial charge on any atom is -0.343 e. The van der Waals surface area contributed by atoms with E-state index in [-0.39, 0.29) is 16.5 Å². The molecule has 5 nitrogen and oxygen atoms in total. The van der Waals surface area contributed by atoms with Crippen molar-refractivity contribution >= 4 is 15.9 Å². The second kappa shape index (κ2) is 6.88. The molecule has 2 rings (SSSR count). The Labute approximate surface area is 132 Å². The van der Waals surface area contributed by atoms with E-state index >= 15 is 0 Å². The minimum absolute atomic E-state index is 0.0169. The summed E-state index contributed by atoms with van der Waals surface area (Å²) in [4.78, 5) is 11.5. The summed E-state index contributed by atoms with van der Waals surface area (Å²) in [7, 11) is -3.68. The number of halogens is 3. The van der Waals surface area contributed by atoms with E-state index in [1.54, 1.807) is 5.32 Å². The van der Waals surface area contributed by atoms with Crippen molar-refractivity contribution in [2.45, 2.75) is 42.8 Å². The van der Waals surface area contributed by atoms with E-state index in [4.69, 9.17) is 0 Å². The first kappa shape index (κ1) is 17.7. The molecule has 1 fully saturated rings. The van der Waals surface area contributed by atoms with E-state index in [1.807, 2.05) is 0 Å². The van der Waals surface area contributed by atoms with Crippen molar-refractivity contribution in [2.24, 2.45) is 0 Å². The number of alkyl halides is 3. The van der Waals surface area contributed by atoms with E-state index < -0.39 is 28.7 Å². The van der Waals surface area contributed by atoms with Crippen molar-refractivity contribution in [3.05, 3.63) is 29.8 Å². The normalized spacial score (nSPS) is 16.5. The molecule has 1 aliphatic rings. The van der Waals surface area contributed by atoms with Gasteiger partial charge < -0.3 is 5.32 Å². The maximum Gasteiger partial charge on any atom is 0.405 e. The van der Waals surface area contributed by atoms with Gasteiger partial charge in [-0.2, -0.15) is 13.2 Å². The molecule has 0 spiro atoms. The molecule has 1 amide bonds. The van der Waals surface area contributed by atoms with Crippen LogP contribution in [0.1, 0.15) is 36.0 Å². The first-order valence-corrected chi connectivity index (χ1v) is 8.63. The predicted octanol–water partition coefficient (Wildman–Crippen LogP) is 2.20. The Bertz CT molecular complexity index is 651. The molecule has 0 heterocycles. The number of carbonyl (C=O) groups excluding carboxylic acids is 1. The molecule has 2 N–H and O–H groups in total. The van der Waals surface area contributed by atoms with Crippen molar-refractivity contribution in [3.63, 3.8) is 0 Å². The van der Waals surface area contributed by atoms with Gasteiger partial charge in [0.15, 0.2) is 0 Å². The Morgan fingerprint density at radius 3 is 2.22 bits per heavy atom. The molecular weight excluding hydrogens is 333 g/mol. The number of rotatable bonds is 5. The van der Waals surface area contributed by atoms with Gasteiger partial charge in [0.25, 0.3) is 5.91 Å². The highest BCUT2D eigenvalue weighted by Gasteiger charge is 2.28. The summed E-state index contributed by atoms with van der Waals surface area (Å²) in [6, 6.07) is 4.71. The molecule has 9 heteroatoms. The van der Waals surface area contributed by atoms with Crippen LogP contribution in [0.4, 0.5) is 13.2 Å². The molecule has 0 bridgehead atoms. The largest absolute Gasteiger partial charge is 0.405 e. The molecule has 0 radical (unpaired) electrons. The summed E-state index contributed by atoms with van der Waals surface area (Å²) in [6.45, 7) is -1.44. The number of nitrogens with one attached hydrogen (secondary N) is 2. The van der Waals surface area contributed by atoms with E-state index in [9.17, 15) is 26.4 Å². The summed E-state index contributed by atoms with van der Waals surface area (Å²) in [5.74, 6) is -0.907. The molecule has 23 heavy (non-hydrogen) atoms. The highest BCUT2D eigenvalue weighted by Crippen LogP contribution is 2.20. The van der Waals surface area contributed by atoms with Crippen LogP contribution in [-0.2, 0) is 10.0 Å². The van der Waals surface area contributed by atoms with Crippen LogP contribution in [0.2, 0.25) is 0 Å². The van der Waals surface area contributed by atoms with Crippen LogP contribution in [0.5, 0.6) is 0 Å². The first-order valence-electron chi connectivity index (χ1n) is 7.15. The molecular formula is C14H17F3N2O3S. The van der Waals surface area contributed by atoms with Gasteiger partial charge in [0.1, 0.15) is 6.54 Å². The molecule has 0 saturated heterocycles. The molecule has 0 unspecified atom stereocenters. The molecule has 128 valence electrons. The number of hydrogen-bond acceptors (Lipinski definition) is 3. The average molecular weight is 350 g/mol. The minimum atomic E-state index is -4.50. The third kappa shape index (κ3) is 5.21. The lowest BCUT2D eigenvalue weighted by Gasteiger charge is -2.13. The summed E-state index contributed by atoms with van der Waals surface area (Å²) in [5.41, 5.74) is -0.0333. The van der Waals surface area contributed by atoms with Crippen molar-refractivity contribution < 1.29 is 26.4 Å². The average Bonchev–Trinajstić information content (AvgIpc) is 2.96. The SMILES string of the molecule is O=C(NCC(F)(F)F)c1ccc(S(=O)(=O)NC2CCCC2)cc1. The molecule has 0 aromatic heterocycles. The molecule has 1 aromatic rings. The van der Waals surface area contributed by atoms with Gasteiger partial charge in [0, 0.05) is 11.6 Å². The molecule has 1 saturated carbocycles. The van der Waals surface area contributed by atoms with Crippen LogP contribution < -0.4 is 10.0 Å². The number of sulfonamides is 1. The lowest BCUT2D eigenvalue weighted by atomic mass is 10.2. The zero-order valence-corrected chi connectivity index (χ0v) is 13.0. The third-order valence-electron chi connectivity index (χ3n) is 3.55. The van der Waals surface area contributed by atoms with Gasteiger partial charge in [-0.15, -0.1) is 0 Å². The van der Waals surface area contributed by atoms with Gasteiger partial charge in [-0.3, -0.25) is 4.79 Å². The zero-order chi connectivity index (χ0) is 17.1. The summed E-state index contributed by atoms with van der Waals surface area (Å²) in [6.07, 6.45) is -0.963. The Kier molecular flexibility index (Phi) is 5.30. The number of amides is 1. The Morgan fingerprint density at radius 1 is 1.13 bits per heavy atom. The van der Waals surface area contributed by atoms with Crippen molar-refractivity contribution in [1.82, 2.24) is 10.0 Å². The summed E-state index contributed by atoms with van der Waals surface area (Å²) >= 11 is 0. The van der Waals surface area contributed by atoms with E-state index in [0.717, 1.165) is 25.7 Å². The zero-order valence-electron chi connectivity index (χ0n) is 12.2. The van der Waals surface area contributed by atoms with E-state index in [2.05, 4.69) is 4.72 Å². The Hall–Kier alpha value is -1.61. The molecule has 1 aromatic carbocycles. The predicted molar refractivity (Wildman–Crippen MR) is 77.4 cm³/mol. The highest BCUT2D eigenvalue weighted by atomic mass is 32.2. The van der Waals surface area contributed by atoms with Crippen molar-refractivity contribution in [2.75, 3.05) is 6.54 Å². The number of benzene rings is 1. The van der Waals surface area contributed by atoms with Gasteiger partial charge in [-0.25, -0.2) is 13.1 Å². The number of carbonyl (C=O) groups is 1. The topological polar surface area (TPSA) is 75.3 Å².